The summed E-state index contributed by atoms with van der Waals surface area (Å²) in [6, 6.07) is 0. The van der Waals surface area contributed by atoms with Crippen molar-refractivity contribution in [1.29, 1.82) is 0 Å². The first-order valence-corrected chi connectivity index (χ1v) is 9.18. The first-order chi connectivity index (χ1) is 16.7. The topological polar surface area (TPSA) is 51.1 Å². The molecule has 38 heavy (non-hydrogen) atoms. The van der Waals surface area contributed by atoms with Crippen LogP contribution in [0.1, 0.15) is 11.6 Å². The number of hydrogen-bond acceptors (Lipinski definition) is 5. The van der Waals surface area contributed by atoms with Crippen molar-refractivity contribution in [3.8, 4) is 0 Å². The molecule has 2 heterocycles. The van der Waals surface area contributed by atoms with Crippen LogP contribution in [0, 0.1) is 0 Å². The minimum atomic E-state index is -7.71. The van der Waals surface area contributed by atoms with E-state index in [1.807, 2.05) is 0 Å². The average Bonchev–Trinajstić information content (AvgIpc) is 2.62. The van der Waals surface area contributed by atoms with E-state index in [9.17, 15) is 79.0 Å². The van der Waals surface area contributed by atoms with Crippen LogP contribution in [0.4, 0.5) is 85.0 Å². The van der Waals surface area contributed by atoms with Gasteiger partial charge in [-0.2, -0.15) is 89.0 Å². The van der Waals surface area contributed by atoms with Gasteiger partial charge in [0.05, 0.1) is 13.2 Å². The van der Waals surface area contributed by atoms with Crippen LogP contribution in [0.2, 0.25) is 0 Å². The van der Waals surface area contributed by atoms with Crippen LogP contribution < -0.4 is 4.90 Å². The van der Waals surface area contributed by atoms with Crippen molar-refractivity contribution >= 4 is 5.95 Å². The largest absolute Gasteiger partial charge is 0.419 e. The van der Waals surface area contributed by atoms with E-state index in [1.54, 1.807) is 0 Å². The molecule has 1 aromatic heterocycles. The molecular weight excluding hydrogens is 594 g/mol. The molecule has 1 fully saturated rings. The fourth-order valence-electron chi connectivity index (χ4n) is 3.33. The lowest BCUT2D eigenvalue weighted by atomic mass is 9.82. The third-order valence-corrected chi connectivity index (χ3v) is 5.14. The minimum Gasteiger partial charge on any atom is -0.378 e. The Morgan fingerprint density at radius 3 is 0.947 bits per heavy atom. The van der Waals surface area contributed by atoms with Crippen LogP contribution in [0.5, 0.6) is 0 Å². The molecule has 0 saturated carbocycles. The molecule has 0 spiro atoms. The van der Waals surface area contributed by atoms with Crippen molar-refractivity contribution in [3.05, 3.63) is 11.6 Å². The van der Waals surface area contributed by atoms with Gasteiger partial charge in [-0.05, 0) is 0 Å². The van der Waals surface area contributed by atoms with Crippen molar-refractivity contribution in [1.82, 2.24) is 15.0 Å². The van der Waals surface area contributed by atoms with Crippen LogP contribution in [-0.4, -0.2) is 78.3 Å². The van der Waals surface area contributed by atoms with E-state index in [0.717, 1.165) is 0 Å². The Hall–Kier alpha value is -2.49. The summed E-state index contributed by atoms with van der Waals surface area (Å²) in [5, 5.41) is 0. The molecule has 0 bridgehead atoms. The Labute approximate surface area is 196 Å². The number of nitrogens with zero attached hydrogens (tertiary/aromatic N) is 4. The Morgan fingerprint density at radius 2 is 0.711 bits per heavy atom. The van der Waals surface area contributed by atoms with Crippen molar-refractivity contribution in [2.45, 2.75) is 47.9 Å². The van der Waals surface area contributed by atoms with Gasteiger partial charge in [0, 0.05) is 13.1 Å². The maximum absolute atomic E-state index is 13.5. The van der Waals surface area contributed by atoms with Gasteiger partial charge in [-0.25, -0.2) is 4.98 Å². The highest BCUT2D eigenvalue weighted by molar-refractivity contribution is 5.37. The zero-order valence-electron chi connectivity index (χ0n) is 17.3. The van der Waals surface area contributed by atoms with E-state index in [0.29, 0.717) is 0 Å². The molecule has 0 amide bonds. The zero-order chi connectivity index (χ0) is 30.0. The number of hydrogen-bond donors (Lipinski definition) is 0. The summed E-state index contributed by atoms with van der Waals surface area (Å²) >= 11 is 0. The van der Waals surface area contributed by atoms with Crippen molar-refractivity contribution in [2.24, 2.45) is 0 Å². The lowest BCUT2D eigenvalue weighted by Gasteiger charge is -2.40. The number of aromatic nitrogens is 3. The number of morpholine rings is 1. The third kappa shape index (κ3) is 4.62. The molecule has 1 saturated heterocycles. The van der Waals surface area contributed by atoms with Crippen molar-refractivity contribution in [2.75, 3.05) is 31.2 Å². The molecule has 1 aromatic rings. The zero-order valence-corrected chi connectivity index (χ0v) is 17.3. The average molecular weight is 602 g/mol. The Balaban J connectivity index is 3.27. The molecule has 0 atom stereocenters. The van der Waals surface area contributed by atoms with Crippen molar-refractivity contribution < 1.29 is 83.8 Å². The maximum Gasteiger partial charge on any atom is 0.419 e. The second kappa shape index (κ2) is 9.03. The monoisotopic (exact) mass is 602 g/mol. The van der Waals surface area contributed by atoms with Gasteiger partial charge in [-0.1, -0.05) is 0 Å². The predicted octanol–water partition coefficient (Wildman–Crippen LogP) is 5.56. The van der Waals surface area contributed by atoms with Crippen LogP contribution >= 0.6 is 0 Å². The normalized spacial score (nSPS) is 17.7. The molecule has 220 valence electrons. The van der Waals surface area contributed by atoms with Crippen molar-refractivity contribution in [3.63, 3.8) is 0 Å². The highest BCUT2D eigenvalue weighted by Crippen LogP contribution is 2.62. The van der Waals surface area contributed by atoms with E-state index in [4.69, 9.17) is 0 Å². The Bertz CT molecular complexity index is 856. The molecule has 23 heteroatoms. The van der Waals surface area contributed by atoms with E-state index in [1.165, 1.54) is 4.98 Å². The number of alkyl halides is 18. The molecule has 1 aliphatic heterocycles. The highest BCUT2D eigenvalue weighted by Gasteiger charge is 2.89. The van der Waals surface area contributed by atoms with Gasteiger partial charge in [0.1, 0.15) is 0 Å². The van der Waals surface area contributed by atoms with Crippen LogP contribution in [0.25, 0.3) is 0 Å². The van der Waals surface area contributed by atoms with Gasteiger partial charge in [0.2, 0.25) is 5.95 Å². The van der Waals surface area contributed by atoms with Gasteiger partial charge < -0.3 is 9.64 Å². The van der Waals surface area contributed by atoms with Crippen LogP contribution in [0.3, 0.4) is 0 Å². The molecule has 0 aliphatic carbocycles. The molecular formula is C15H8F18N4O. The molecule has 1 aliphatic rings. The van der Waals surface area contributed by atoms with Gasteiger partial charge in [0.15, 0.2) is 11.6 Å². The lowest BCUT2D eigenvalue weighted by molar-refractivity contribution is -0.391. The first kappa shape index (κ1) is 31.7. The number of halogens is 18. The van der Waals surface area contributed by atoms with E-state index < -0.39 is 91.8 Å². The van der Waals surface area contributed by atoms with E-state index >= 15 is 0 Å². The molecule has 2 rings (SSSR count). The van der Waals surface area contributed by atoms with Gasteiger partial charge in [-0.15, -0.1) is 0 Å². The molecule has 0 N–H and O–H groups in total. The molecule has 5 nitrogen and oxygen atoms in total. The standard InChI is InChI=1S/C15H8F18N4O/c16-10(17,18)8(11(19,20)21,12(22,23)24)5-34-6(36-7(35-5)37-1-3-38-4-2-37)9(13(25,26)27,14(28,29)30)15(31,32)33/h1-4H2. The fraction of sp³-hybridized carbons (Fsp3) is 0.800. The minimum absolute atomic E-state index is 0.111. The van der Waals surface area contributed by atoms with Gasteiger partial charge >= 0.3 is 47.9 Å². The molecule has 0 unspecified atom stereocenters. The first-order valence-electron chi connectivity index (χ1n) is 9.18. The van der Waals surface area contributed by atoms with Gasteiger partial charge in [-0.3, -0.25) is 0 Å². The quantitative estimate of drug-likeness (QED) is 0.425. The van der Waals surface area contributed by atoms with Crippen LogP contribution in [0.15, 0.2) is 0 Å². The van der Waals surface area contributed by atoms with Gasteiger partial charge in [0.25, 0.3) is 0 Å². The second-order valence-electron chi connectivity index (χ2n) is 7.37. The second-order valence-corrected chi connectivity index (χ2v) is 7.37. The number of anilines is 1. The summed E-state index contributed by atoms with van der Waals surface area (Å²) in [5.74, 6) is -10.1. The summed E-state index contributed by atoms with van der Waals surface area (Å²) < 4.78 is 248. The Morgan fingerprint density at radius 1 is 0.447 bits per heavy atom. The van der Waals surface area contributed by atoms with E-state index in [2.05, 4.69) is 14.7 Å². The summed E-state index contributed by atoms with van der Waals surface area (Å²) in [7, 11) is 0. The predicted molar refractivity (Wildman–Crippen MR) is 82.5 cm³/mol. The summed E-state index contributed by atoms with van der Waals surface area (Å²) in [4.78, 5) is 5.83. The summed E-state index contributed by atoms with van der Waals surface area (Å²) in [6.45, 7) is -3.06. The highest BCUT2D eigenvalue weighted by atomic mass is 19.4. The van der Waals surface area contributed by atoms with E-state index in [-0.39, 0.29) is 4.90 Å². The fourth-order valence-corrected chi connectivity index (χ4v) is 3.33. The molecule has 0 radical (unpaired) electrons. The smallest absolute Gasteiger partial charge is 0.378 e. The lowest BCUT2D eigenvalue weighted by Crippen LogP contribution is -2.66. The maximum atomic E-state index is 13.5. The summed E-state index contributed by atoms with van der Waals surface area (Å²) in [5.41, 5.74) is -14.9. The Kier molecular flexibility index (Phi) is 7.54. The third-order valence-electron chi connectivity index (χ3n) is 5.14. The SMILES string of the molecule is FC(F)(F)C(c1nc(N2CCOCC2)nc(C(C(F)(F)F)(C(F)(F)F)C(F)(F)F)n1)(C(F)(F)F)C(F)(F)F. The van der Waals surface area contributed by atoms with Crippen LogP contribution in [-0.2, 0) is 15.6 Å². The number of ether oxygens (including phenoxy) is 1. The number of rotatable bonds is 3. The molecule has 0 aromatic carbocycles. The summed E-state index contributed by atoms with van der Waals surface area (Å²) in [6.07, 6.45) is -46.2.